The second-order valence-corrected chi connectivity index (χ2v) is 7.25. The lowest BCUT2D eigenvalue weighted by Crippen LogP contribution is -2.46. The summed E-state index contributed by atoms with van der Waals surface area (Å²) < 4.78 is 0. The predicted molar refractivity (Wildman–Crippen MR) is 89.6 cm³/mol. The maximum absolute atomic E-state index is 12.6. The Bertz CT molecular complexity index is 532. The highest BCUT2D eigenvalue weighted by Gasteiger charge is 2.39. The van der Waals surface area contributed by atoms with Crippen LogP contribution in [0.4, 0.5) is 0 Å². The normalized spacial score (nSPS) is 21.5. The third-order valence-corrected chi connectivity index (χ3v) is 5.44. The van der Waals surface area contributed by atoms with Crippen LogP contribution in [0.3, 0.4) is 0 Å². The van der Waals surface area contributed by atoms with Crippen LogP contribution in [0.5, 0.6) is 0 Å². The summed E-state index contributed by atoms with van der Waals surface area (Å²) in [7, 11) is 2.21. The number of benzene rings is 1. The molecule has 22 heavy (non-hydrogen) atoms. The number of carbonyl (C=O) groups is 1. The van der Waals surface area contributed by atoms with Gasteiger partial charge in [0.15, 0.2) is 0 Å². The van der Waals surface area contributed by atoms with E-state index < -0.39 is 0 Å². The fourth-order valence-electron chi connectivity index (χ4n) is 3.99. The molecule has 3 heteroatoms. The number of carbonyl (C=O) groups excluding carboxylic acids is 1. The average Bonchev–Trinajstić information content (AvgIpc) is 2.67. The Labute approximate surface area is 134 Å². The van der Waals surface area contributed by atoms with Crippen LogP contribution in [-0.4, -0.2) is 42.4 Å². The maximum Gasteiger partial charge on any atom is 0.222 e. The van der Waals surface area contributed by atoms with Crippen molar-refractivity contribution in [2.45, 2.75) is 45.6 Å². The van der Waals surface area contributed by atoms with E-state index in [2.05, 4.69) is 48.0 Å². The number of hydrogen-bond donors (Lipinski definition) is 0. The van der Waals surface area contributed by atoms with Crippen molar-refractivity contribution in [1.82, 2.24) is 9.80 Å². The SMILES string of the molecule is CCCC(=O)N1Cc2ccccc2CC2(CCN(C)CC2)C1. The Balaban J connectivity index is 1.90. The summed E-state index contributed by atoms with van der Waals surface area (Å²) in [5, 5.41) is 0. The van der Waals surface area contributed by atoms with E-state index in [9.17, 15) is 4.79 Å². The fraction of sp³-hybridized carbons (Fsp3) is 0.632. The van der Waals surface area contributed by atoms with Gasteiger partial charge < -0.3 is 9.80 Å². The zero-order valence-corrected chi connectivity index (χ0v) is 14.0. The number of likely N-dealkylation sites (tertiary alicyclic amines) is 1. The van der Waals surface area contributed by atoms with Gasteiger partial charge in [-0.25, -0.2) is 0 Å². The van der Waals surface area contributed by atoms with Crippen LogP contribution in [0.15, 0.2) is 24.3 Å². The number of rotatable bonds is 2. The van der Waals surface area contributed by atoms with Gasteiger partial charge in [-0.15, -0.1) is 0 Å². The van der Waals surface area contributed by atoms with Crippen LogP contribution in [0.2, 0.25) is 0 Å². The highest BCUT2D eigenvalue weighted by atomic mass is 16.2. The topological polar surface area (TPSA) is 23.6 Å². The van der Waals surface area contributed by atoms with Gasteiger partial charge in [-0.2, -0.15) is 0 Å². The molecule has 0 atom stereocenters. The van der Waals surface area contributed by atoms with E-state index in [1.165, 1.54) is 24.0 Å². The zero-order valence-electron chi connectivity index (χ0n) is 14.0. The highest BCUT2D eigenvalue weighted by Crippen LogP contribution is 2.39. The molecule has 3 nitrogen and oxygen atoms in total. The molecule has 1 spiro atoms. The number of nitrogens with zero attached hydrogens (tertiary/aromatic N) is 2. The first-order chi connectivity index (χ1) is 10.6. The molecule has 0 unspecified atom stereocenters. The van der Waals surface area contributed by atoms with Gasteiger partial charge >= 0.3 is 0 Å². The summed E-state index contributed by atoms with van der Waals surface area (Å²) >= 11 is 0. The molecular formula is C19H28N2O. The molecule has 0 aliphatic carbocycles. The van der Waals surface area contributed by atoms with Crippen LogP contribution >= 0.6 is 0 Å². The van der Waals surface area contributed by atoms with E-state index in [-0.39, 0.29) is 5.41 Å². The number of hydrogen-bond acceptors (Lipinski definition) is 2. The number of fused-ring (bicyclic) bond motifs is 1. The standard InChI is InChI=1S/C19H28N2O/c1-3-6-18(22)21-14-17-8-5-4-7-16(17)13-19(15-21)9-11-20(2)12-10-19/h4-5,7-8H,3,6,9-15H2,1-2H3. The molecule has 2 aliphatic rings. The van der Waals surface area contributed by atoms with Gasteiger partial charge in [-0.05, 0) is 62.4 Å². The van der Waals surface area contributed by atoms with Gasteiger partial charge in [0.1, 0.15) is 0 Å². The quantitative estimate of drug-likeness (QED) is 0.838. The minimum Gasteiger partial charge on any atom is -0.338 e. The van der Waals surface area contributed by atoms with E-state index in [4.69, 9.17) is 0 Å². The predicted octanol–water partition coefficient (Wildman–Crippen LogP) is 3.08. The number of amides is 1. The zero-order chi connectivity index (χ0) is 15.6. The molecule has 2 aliphatic heterocycles. The lowest BCUT2D eigenvalue weighted by atomic mass is 9.73. The third kappa shape index (κ3) is 3.19. The van der Waals surface area contributed by atoms with E-state index in [1.807, 2.05) is 0 Å². The molecule has 1 saturated heterocycles. The summed E-state index contributed by atoms with van der Waals surface area (Å²) in [6, 6.07) is 8.72. The Morgan fingerprint density at radius 1 is 1.18 bits per heavy atom. The Kier molecular flexibility index (Phi) is 4.53. The van der Waals surface area contributed by atoms with E-state index in [1.54, 1.807) is 0 Å². The summed E-state index contributed by atoms with van der Waals surface area (Å²) in [4.78, 5) is 17.1. The first kappa shape index (κ1) is 15.5. The molecule has 0 radical (unpaired) electrons. The van der Waals surface area contributed by atoms with Gasteiger partial charge in [-0.3, -0.25) is 4.79 Å². The Morgan fingerprint density at radius 3 is 2.55 bits per heavy atom. The molecular weight excluding hydrogens is 272 g/mol. The van der Waals surface area contributed by atoms with Gasteiger partial charge in [0, 0.05) is 19.5 Å². The third-order valence-electron chi connectivity index (χ3n) is 5.44. The maximum atomic E-state index is 12.6. The minimum atomic E-state index is 0.280. The van der Waals surface area contributed by atoms with E-state index in [0.29, 0.717) is 12.3 Å². The molecule has 3 rings (SSSR count). The van der Waals surface area contributed by atoms with Crippen molar-refractivity contribution in [3.8, 4) is 0 Å². The molecule has 1 aromatic carbocycles. The smallest absolute Gasteiger partial charge is 0.222 e. The molecule has 0 aromatic heterocycles. The Morgan fingerprint density at radius 2 is 1.86 bits per heavy atom. The molecule has 120 valence electrons. The molecule has 1 aromatic rings. The first-order valence-electron chi connectivity index (χ1n) is 8.65. The molecule has 0 saturated carbocycles. The number of piperidine rings is 1. The lowest BCUT2D eigenvalue weighted by molar-refractivity contribution is -0.133. The fourth-order valence-corrected chi connectivity index (χ4v) is 3.99. The summed E-state index contributed by atoms with van der Waals surface area (Å²) in [5.74, 6) is 0.331. The first-order valence-corrected chi connectivity index (χ1v) is 8.65. The average molecular weight is 300 g/mol. The second kappa shape index (κ2) is 6.41. The lowest BCUT2D eigenvalue weighted by Gasteiger charge is -2.42. The molecule has 1 fully saturated rings. The van der Waals surface area contributed by atoms with Crippen molar-refractivity contribution < 1.29 is 4.79 Å². The van der Waals surface area contributed by atoms with E-state index in [0.717, 1.165) is 39.0 Å². The molecule has 0 N–H and O–H groups in total. The Hall–Kier alpha value is -1.35. The minimum absolute atomic E-state index is 0.280. The van der Waals surface area contributed by atoms with Crippen LogP contribution < -0.4 is 0 Å². The van der Waals surface area contributed by atoms with Crippen molar-refractivity contribution in [2.75, 3.05) is 26.7 Å². The van der Waals surface area contributed by atoms with Crippen molar-refractivity contribution in [2.24, 2.45) is 5.41 Å². The van der Waals surface area contributed by atoms with Gasteiger partial charge in [0.2, 0.25) is 5.91 Å². The van der Waals surface area contributed by atoms with Crippen LogP contribution in [-0.2, 0) is 17.8 Å². The van der Waals surface area contributed by atoms with Crippen molar-refractivity contribution in [1.29, 1.82) is 0 Å². The van der Waals surface area contributed by atoms with Gasteiger partial charge in [0.05, 0.1) is 0 Å². The summed E-state index contributed by atoms with van der Waals surface area (Å²) in [6.45, 7) is 6.13. The van der Waals surface area contributed by atoms with Crippen molar-refractivity contribution in [3.05, 3.63) is 35.4 Å². The van der Waals surface area contributed by atoms with Crippen LogP contribution in [0, 0.1) is 5.41 Å². The van der Waals surface area contributed by atoms with Crippen LogP contribution in [0.25, 0.3) is 0 Å². The molecule has 1 amide bonds. The van der Waals surface area contributed by atoms with E-state index >= 15 is 0 Å². The molecule has 0 bridgehead atoms. The van der Waals surface area contributed by atoms with Gasteiger partial charge in [-0.1, -0.05) is 31.2 Å². The molecule has 2 heterocycles. The van der Waals surface area contributed by atoms with Crippen LogP contribution in [0.1, 0.15) is 43.7 Å². The highest BCUT2D eigenvalue weighted by molar-refractivity contribution is 5.76. The second-order valence-electron chi connectivity index (χ2n) is 7.25. The summed E-state index contributed by atoms with van der Waals surface area (Å²) in [5.41, 5.74) is 3.09. The summed E-state index contributed by atoms with van der Waals surface area (Å²) in [6.07, 6.45) is 5.15. The monoisotopic (exact) mass is 300 g/mol. The largest absolute Gasteiger partial charge is 0.338 e. The van der Waals surface area contributed by atoms with Gasteiger partial charge in [0.25, 0.3) is 0 Å². The van der Waals surface area contributed by atoms with Crippen molar-refractivity contribution in [3.63, 3.8) is 0 Å². The van der Waals surface area contributed by atoms with Crippen molar-refractivity contribution >= 4 is 5.91 Å².